The molecule has 1 saturated heterocycles. The number of imidazole rings is 1. The van der Waals surface area contributed by atoms with Crippen molar-refractivity contribution in [2.24, 2.45) is 0 Å². The van der Waals surface area contributed by atoms with Gasteiger partial charge in [-0.1, -0.05) is 0 Å². The summed E-state index contributed by atoms with van der Waals surface area (Å²) in [5, 5.41) is 0. The Bertz CT molecular complexity index is 639. The van der Waals surface area contributed by atoms with Gasteiger partial charge >= 0.3 is 0 Å². The highest BCUT2D eigenvalue weighted by atomic mass is 16.5. The second-order valence-electron chi connectivity index (χ2n) is 6.54. The average Bonchev–Trinajstić information content (AvgIpc) is 3.01. The van der Waals surface area contributed by atoms with Crippen LogP contribution in [-0.2, 0) is 4.74 Å². The molecule has 118 valence electrons. The molecule has 0 bridgehead atoms. The maximum Gasteiger partial charge on any atom is 0.116 e. The third-order valence-corrected chi connectivity index (χ3v) is 5.30. The molecule has 1 aliphatic carbocycles. The van der Waals surface area contributed by atoms with Crippen molar-refractivity contribution in [1.82, 2.24) is 19.3 Å². The number of fused-ring (bicyclic) bond motifs is 1. The molecule has 4 rings (SSSR count). The molecule has 0 spiro atoms. The van der Waals surface area contributed by atoms with Gasteiger partial charge in [0, 0.05) is 37.4 Å². The van der Waals surface area contributed by atoms with Crippen LogP contribution in [0, 0.1) is 6.92 Å². The standard InChI is InChI=1S/C17H24N4O/c1-13-16-12-19-17(21(16)7-6-18-13)14-2-4-15(5-3-14)20-8-10-22-11-9-20/h6-7,12,14-15H,2-5,8-11H2,1H3. The van der Waals surface area contributed by atoms with Crippen molar-refractivity contribution in [3.05, 3.63) is 30.1 Å². The van der Waals surface area contributed by atoms with Gasteiger partial charge in [0.2, 0.25) is 0 Å². The summed E-state index contributed by atoms with van der Waals surface area (Å²) in [6, 6.07) is 0.745. The fourth-order valence-corrected chi connectivity index (χ4v) is 4.02. The van der Waals surface area contributed by atoms with Crippen LogP contribution in [0.2, 0.25) is 0 Å². The van der Waals surface area contributed by atoms with Gasteiger partial charge in [0.15, 0.2) is 0 Å². The molecule has 2 aromatic heterocycles. The first-order valence-electron chi connectivity index (χ1n) is 8.43. The van der Waals surface area contributed by atoms with Crippen LogP contribution in [0.4, 0.5) is 0 Å². The second kappa shape index (κ2) is 5.97. The third-order valence-electron chi connectivity index (χ3n) is 5.30. The fourth-order valence-electron chi connectivity index (χ4n) is 4.02. The summed E-state index contributed by atoms with van der Waals surface area (Å²) in [5.41, 5.74) is 2.20. The van der Waals surface area contributed by atoms with Crippen molar-refractivity contribution in [2.45, 2.75) is 44.6 Å². The Morgan fingerprint density at radius 1 is 1.09 bits per heavy atom. The molecule has 1 saturated carbocycles. The Hall–Kier alpha value is -1.46. The van der Waals surface area contributed by atoms with Crippen molar-refractivity contribution in [3.63, 3.8) is 0 Å². The van der Waals surface area contributed by atoms with E-state index in [1.807, 2.05) is 12.4 Å². The molecule has 0 unspecified atom stereocenters. The normalized spacial score (nSPS) is 27.3. The van der Waals surface area contributed by atoms with Crippen LogP contribution in [0.1, 0.15) is 43.1 Å². The SMILES string of the molecule is Cc1nccn2c(C3CCC(N4CCOCC4)CC3)ncc12. The summed E-state index contributed by atoms with van der Waals surface area (Å²) in [6.45, 7) is 6.06. The highest BCUT2D eigenvalue weighted by molar-refractivity contribution is 5.50. The van der Waals surface area contributed by atoms with E-state index in [2.05, 4.69) is 27.4 Å². The van der Waals surface area contributed by atoms with Gasteiger partial charge in [0.1, 0.15) is 5.82 Å². The van der Waals surface area contributed by atoms with Gasteiger partial charge in [-0.15, -0.1) is 0 Å². The third kappa shape index (κ3) is 2.52. The van der Waals surface area contributed by atoms with Crippen LogP contribution >= 0.6 is 0 Å². The van der Waals surface area contributed by atoms with Gasteiger partial charge in [-0.2, -0.15) is 0 Å². The number of rotatable bonds is 2. The highest BCUT2D eigenvalue weighted by Crippen LogP contribution is 2.34. The van der Waals surface area contributed by atoms with E-state index in [1.54, 1.807) is 0 Å². The average molecular weight is 300 g/mol. The van der Waals surface area contributed by atoms with E-state index in [0.29, 0.717) is 5.92 Å². The minimum atomic E-state index is 0.585. The Kier molecular flexibility index (Phi) is 3.84. The summed E-state index contributed by atoms with van der Waals surface area (Å²) < 4.78 is 7.71. The predicted octanol–water partition coefficient (Wildman–Crippen LogP) is 2.40. The lowest BCUT2D eigenvalue weighted by molar-refractivity contribution is 0.00710. The van der Waals surface area contributed by atoms with E-state index >= 15 is 0 Å². The summed E-state index contributed by atoms with van der Waals surface area (Å²) >= 11 is 0. The first kappa shape index (κ1) is 14.2. The number of nitrogens with zero attached hydrogens (tertiary/aromatic N) is 4. The lowest BCUT2D eigenvalue weighted by Gasteiger charge is -2.38. The number of aromatic nitrogens is 3. The molecule has 0 atom stereocenters. The van der Waals surface area contributed by atoms with Crippen molar-refractivity contribution in [2.75, 3.05) is 26.3 Å². The fraction of sp³-hybridized carbons (Fsp3) is 0.647. The van der Waals surface area contributed by atoms with Gasteiger partial charge < -0.3 is 9.14 Å². The van der Waals surface area contributed by atoms with Crippen LogP contribution in [0.15, 0.2) is 18.6 Å². The van der Waals surface area contributed by atoms with Crippen molar-refractivity contribution in [1.29, 1.82) is 0 Å². The number of ether oxygens (including phenoxy) is 1. The van der Waals surface area contributed by atoms with Crippen LogP contribution in [0.25, 0.3) is 5.52 Å². The van der Waals surface area contributed by atoms with E-state index in [1.165, 1.54) is 31.5 Å². The molecule has 0 radical (unpaired) electrons. The number of hydrogen-bond donors (Lipinski definition) is 0. The smallest absolute Gasteiger partial charge is 0.116 e. The molecule has 0 aromatic carbocycles. The molecule has 2 fully saturated rings. The topological polar surface area (TPSA) is 42.7 Å². The molecule has 2 aliphatic rings. The molecule has 1 aliphatic heterocycles. The van der Waals surface area contributed by atoms with E-state index in [4.69, 9.17) is 9.72 Å². The molecule has 0 N–H and O–H groups in total. The van der Waals surface area contributed by atoms with E-state index in [0.717, 1.165) is 43.6 Å². The van der Waals surface area contributed by atoms with Gasteiger partial charge in [0.25, 0.3) is 0 Å². The molecule has 0 amide bonds. The lowest BCUT2D eigenvalue weighted by Crippen LogP contribution is -2.44. The zero-order valence-electron chi connectivity index (χ0n) is 13.2. The predicted molar refractivity (Wildman–Crippen MR) is 85.1 cm³/mol. The van der Waals surface area contributed by atoms with Crippen LogP contribution in [-0.4, -0.2) is 51.6 Å². The Morgan fingerprint density at radius 2 is 1.86 bits per heavy atom. The molecule has 22 heavy (non-hydrogen) atoms. The zero-order chi connectivity index (χ0) is 14.9. The Balaban J connectivity index is 1.47. The van der Waals surface area contributed by atoms with E-state index in [9.17, 15) is 0 Å². The highest BCUT2D eigenvalue weighted by Gasteiger charge is 2.29. The molecule has 5 nitrogen and oxygen atoms in total. The minimum absolute atomic E-state index is 0.585. The summed E-state index contributed by atoms with van der Waals surface area (Å²) in [4.78, 5) is 11.7. The molecular weight excluding hydrogens is 276 g/mol. The number of aryl methyl sites for hydroxylation is 1. The lowest BCUT2D eigenvalue weighted by atomic mass is 9.84. The molecule has 5 heteroatoms. The summed E-state index contributed by atoms with van der Waals surface area (Å²) in [6.07, 6.45) is 11.0. The number of morpholine rings is 1. The van der Waals surface area contributed by atoms with E-state index in [-0.39, 0.29) is 0 Å². The quantitative estimate of drug-likeness (QED) is 0.854. The first-order chi connectivity index (χ1) is 10.8. The van der Waals surface area contributed by atoms with Gasteiger partial charge in [-0.25, -0.2) is 4.98 Å². The molecular formula is C17H24N4O. The molecule has 2 aromatic rings. The Labute approximate surface area is 131 Å². The van der Waals surface area contributed by atoms with Crippen molar-refractivity contribution in [3.8, 4) is 0 Å². The first-order valence-corrected chi connectivity index (χ1v) is 8.43. The van der Waals surface area contributed by atoms with Crippen LogP contribution in [0.3, 0.4) is 0 Å². The van der Waals surface area contributed by atoms with Gasteiger partial charge in [-0.05, 0) is 32.6 Å². The largest absolute Gasteiger partial charge is 0.379 e. The van der Waals surface area contributed by atoms with E-state index < -0.39 is 0 Å². The monoisotopic (exact) mass is 300 g/mol. The zero-order valence-corrected chi connectivity index (χ0v) is 13.2. The minimum Gasteiger partial charge on any atom is -0.379 e. The molecule has 3 heterocycles. The summed E-state index contributed by atoms with van der Waals surface area (Å²) in [5.74, 6) is 1.81. The second-order valence-corrected chi connectivity index (χ2v) is 6.54. The van der Waals surface area contributed by atoms with Crippen molar-refractivity contribution < 1.29 is 4.74 Å². The van der Waals surface area contributed by atoms with Gasteiger partial charge in [0.05, 0.1) is 30.6 Å². The van der Waals surface area contributed by atoms with Gasteiger partial charge in [-0.3, -0.25) is 9.88 Å². The Morgan fingerprint density at radius 3 is 2.64 bits per heavy atom. The maximum absolute atomic E-state index is 5.47. The maximum atomic E-state index is 5.47. The number of hydrogen-bond acceptors (Lipinski definition) is 4. The van der Waals surface area contributed by atoms with Crippen molar-refractivity contribution >= 4 is 5.52 Å². The van der Waals surface area contributed by atoms with Crippen LogP contribution in [0.5, 0.6) is 0 Å². The van der Waals surface area contributed by atoms with Crippen LogP contribution < -0.4 is 0 Å². The summed E-state index contributed by atoms with van der Waals surface area (Å²) in [7, 11) is 0.